The van der Waals surface area contributed by atoms with Crippen LogP contribution in [0.1, 0.15) is 64.1 Å². The Bertz CT molecular complexity index is 1100. The van der Waals surface area contributed by atoms with Crippen LogP contribution < -0.4 is 5.32 Å². The van der Waals surface area contributed by atoms with Crippen molar-refractivity contribution < 1.29 is 0 Å². The summed E-state index contributed by atoms with van der Waals surface area (Å²) in [5.41, 5.74) is 4.06. The van der Waals surface area contributed by atoms with Gasteiger partial charge in [-0.1, -0.05) is 65.8 Å². The lowest BCUT2D eigenvalue weighted by atomic mass is 9.92. The highest BCUT2D eigenvalue weighted by atomic mass is 15.2. The molecule has 7 heteroatoms. The lowest BCUT2D eigenvalue weighted by Gasteiger charge is -2.14. The van der Waals surface area contributed by atoms with Crippen molar-refractivity contribution in [2.24, 2.45) is 9.98 Å². The molecule has 2 aromatic heterocycles. The number of benzene rings is 1. The summed E-state index contributed by atoms with van der Waals surface area (Å²) in [5.74, 6) is 2.73. The fourth-order valence-corrected chi connectivity index (χ4v) is 3.04. The first-order valence-corrected chi connectivity index (χ1v) is 9.77. The Kier molecular flexibility index (Phi) is 4.41. The van der Waals surface area contributed by atoms with Gasteiger partial charge in [0.1, 0.15) is 5.84 Å². The van der Waals surface area contributed by atoms with E-state index in [1.165, 1.54) is 0 Å². The number of anilines is 1. The smallest absolute Gasteiger partial charge is 0.176 e. The Morgan fingerprint density at radius 3 is 2.07 bits per heavy atom. The molecule has 0 spiro atoms. The van der Waals surface area contributed by atoms with Crippen molar-refractivity contribution in [1.29, 1.82) is 0 Å². The van der Waals surface area contributed by atoms with E-state index in [9.17, 15) is 0 Å². The SMILES string of the molecule is CC(C)(C)c1cc(N=C2N=C(Nc3cc(C(C)(C)C)[nH]n3)c3ccccc32)n[nH]1. The van der Waals surface area contributed by atoms with Gasteiger partial charge in [-0.2, -0.15) is 10.2 Å². The van der Waals surface area contributed by atoms with Gasteiger partial charge in [0, 0.05) is 45.5 Å². The van der Waals surface area contributed by atoms with Gasteiger partial charge in [0.25, 0.3) is 0 Å². The number of nitrogens with zero attached hydrogens (tertiary/aromatic N) is 4. The molecule has 3 aromatic rings. The minimum Gasteiger partial charge on any atom is -0.323 e. The number of hydrogen-bond donors (Lipinski definition) is 3. The molecule has 7 nitrogen and oxygen atoms in total. The summed E-state index contributed by atoms with van der Waals surface area (Å²) >= 11 is 0. The summed E-state index contributed by atoms with van der Waals surface area (Å²) in [6, 6.07) is 12.0. The molecule has 0 aliphatic carbocycles. The van der Waals surface area contributed by atoms with Gasteiger partial charge >= 0.3 is 0 Å². The number of H-pyrrole nitrogens is 2. The first-order chi connectivity index (χ1) is 13.6. The van der Waals surface area contributed by atoms with Gasteiger partial charge in [-0.05, 0) is 0 Å². The Morgan fingerprint density at radius 1 is 0.828 bits per heavy atom. The number of hydrogen-bond acceptors (Lipinski definition) is 4. The number of aliphatic imine (C=N–C) groups is 2. The summed E-state index contributed by atoms with van der Waals surface area (Å²) in [6.07, 6.45) is 0. The molecular weight excluding hydrogens is 362 g/mol. The molecule has 1 aliphatic heterocycles. The zero-order valence-electron chi connectivity index (χ0n) is 17.8. The average molecular weight is 390 g/mol. The van der Waals surface area contributed by atoms with Gasteiger partial charge in [0.2, 0.25) is 0 Å². The van der Waals surface area contributed by atoms with Crippen LogP contribution >= 0.6 is 0 Å². The molecule has 0 radical (unpaired) electrons. The highest BCUT2D eigenvalue weighted by Crippen LogP contribution is 2.27. The van der Waals surface area contributed by atoms with Crippen LogP contribution in [0.5, 0.6) is 0 Å². The lowest BCUT2D eigenvalue weighted by Crippen LogP contribution is -2.12. The van der Waals surface area contributed by atoms with E-state index in [0.717, 1.165) is 34.2 Å². The molecule has 0 saturated carbocycles. The third-order valence-electron chi connectivity index (χ3n) is 4.87. The largest absolute Gasteiger partial charge is 0.323 e. The van der Waals surface area contributed by atoms with Gasteiger partial charge < -0.3 is 5.32 Å². The summed E-state index contributed by atoms with van der Waals surface area (Å²) in [7, 11) is 0. The van der Waals surface area contributed by atoms with Crippen LogP contribution in [0.15, 0.2) is 46.4 Å². The summed E-state index contributed by atoms with van der Waals surface area (Å²) in [4.78, 5) is 9.43. The molecule has 0 bridgehead atoms. The number of aromatic nitrogens is 4. The quantitative estimate of drug-likeness (QED) is 0.594. The minimum absolute atomic E-state index is 0.000342. The van der Waals surface area contributed by atoms with Crippen molar-refractivity contribution in [3.8, 4) is 0 Å². The fourth-order valence-electron chi connectivity index (χ4n) is 3.04. The highest BCUT2D eigenvalue weighted by Gasteiger charge is 2.24. The van der Waals surface area contributed by atoms with Crippen molar-refractivity contribution in [1.82, 2.24) is 20.4 Å². The lowest BCUT2D eigenvalue weighted by molar-refractivity contribution is 0.566. The van der Waals surface area contributed by atoms with Crippen molar-refractivity contribution in [2.75, 3.05) is 5.32 Å². The molecular formula is C22H27N7. The Balaban J connectivity index is 1.67. The van der Waals surface area contributed by atoms with E-state index in [-0.39, 0.29) is 10.8 Å². The topological polar surface area (TPSA) is 94.1 Å². The van der Waals surface area contributed by atoms with Crippen LogP contribution in [-0.2, 0) is 10.8 Å². The number of nitrogens with one attached hydrogen (secondary N) is 3. The van der Waals surface area contributed by atoms with Crippen LogP contribution in [0.4, 0.5) is 11.6 Å². The molecule has 3 N–H and O–H groups in total. The molecule has 0 fully saturated rings. The van der Waals surface area contributed by atoms with Crippen molar-refractivity contribution in [3.63, 3.8) is 0 Å². The van der Waals surface area contributed by atoms with Crippen LogP contribution in [0.2, 0.25) is 0 Å². The van der Waals surface area contributed by atoms with Crippen LogP contribution in [0.3, 0.4) is 0 Å². The maximum atomic E-state index is 4.74. The predicted octanol–water partition coefficient (Wildman–Crippen LogP) is 4.68. The van der Waals surface area contributed by atoms with E-state index in [2.05, 4.69) is 72.2 Å². The molecule has 1 aliphatic rings. The third kappa shape index (κ3) is 3.85. The first kappa shape index (κ1) is 19.1. The summed E-state index contributed by atoms with van der Waals surface area (Å²) in [6.45, 7) is 12.8. The van der Waals surface area contributed by atoms with Crippen molar-refractivity contribution in [3.05, 3.63) is 58.9 Å². The Labute approximate surface area is 170 Å². The van der Waals surface area contributed by atoms with Crippen LogP contribution in [-0.4, -0.2) is 32.1 Å². The first-order valence-electron chi connectivity index (χ1n) is 9.77. The molecule has 150 valence electrons. The van der Waals surface area contributed by atoms with E-state index in [0.29, 0.717) is 11.7 Å². The second kappa shape index (κ2) is 6.69. The molecule has 3 heterocycles. The molecule has 0 unspecified atom stereocenters. The maximum absolute atomic E-state index is 4.74. The summed E-state index contributed by atoms with van der Waals surface area (Å²) in [5, 5.41) is 18.2. The molecule has 0 saturated heterocycles. The predicted molar refractivity (Wildman–Crippen MR) is 117 cm³/mol. The average Bonchev–Trinajstić information content (AvgIpc) is 3.35. The maximum Gasteiger partial charge on any atom is 0.176 e. The second-order valence-corrected chi connectivity index (χ2v) is 9.37. The molecule has 0 atom stereocenters. The van der Waals surface area contributed by atoms with Gasteiger partial charge in [-0.3, -0.25) is 10.2 Å². The molecule has 1 aromatic carbocycles. The third-order valence-corrected chi connectivity index (χ3v) is 4.87. The van der Waals surface area contributed by atoms with Crippen molar-refractivity contribution >= 4 is 23.3 Å². The number of rotatable bonds is 2. The van der Waals surface area contributed by atoms with Gasteiger partial charge in [-0.15, -0.1) is 0 Å². The normalized spacial score (nSPS) is 15.5. The minimum atomic E-state index is -0.0142. The van der Waals surface area contributed by atoms with Gasteiger partial charge in [-0.25, -0.2) is 9.98 Å². The van der Waals surface area contributed by atoms with E-state index in [1.807, 2.05) is 36.4 Å². The van der Waals surface area contributed by atoms with Gasteiger partial charge in [0.15, 0.2) is 17.5 Å². The van der Waals surface area contributed by atoms with Gasteiger partial charge in [0.05, 0.1) is 0 Å². The second-order valence-electron chi connectivity index (χ2n) is 9.37. The van der Waals surface area contributed by atoms with Crippen LogP contribution in [0.25, 0.3) is 0 Å². The summed E-state index contributed by atoms with van der Waals surface area (Å²) < 4.78 is 0. The number of aromatic amines is 2. The number of amidine groups is 2. The standard InChI is InChI=1S/C22H27N7/c1-21(2,3)15-11-17(28-26-15)23-19-13-9-7-8-10-14(13)20(25-19)24-18-12-16(27-29-18)22(4,5)6/h7-12H,1-6H3,(H3,23,24,25,26,27,28,29). The van der Waals surface area contributed by atoms with E-state index in [4.69, 9.17) is 4.99 Å². The molecule has 0 amide bonds. The van der Waals surface area contributed by atoms with Crippen LogP contribution in [0, 0.1) is 0 Å². The Morgan fingerprint density at radius 2 is 1.45 bits per heavy atom. The van der Waals surface area contributed by atoms with E-state index < -0.39 is 0 Å². The fraction of sp³-hybridized carbons (Fsp3) is 0.364. The van der Waals surface area contributed by atoms with Crippen molar-refractivity contribution in [2.45, 2.75) is 52.4 Å². The van der Waals surface area contributed by atoms with E-state index in [1.54, 1.807) is 0 Å². The zero-order valence-corrected chi connectivity index (χ0v) is 17.8. The monoisotopic (exact) mass is 389 g/mol. The number of fused-ring (bicyclic) bond motifs is 1. The molecule has 29 heavy (non-hydrogen) atoms. The van der Waals surface area contributed by atoms with E-state index >= 15 is 0 Å². The Hall–Kier alpha value is -3.22. The molecule has 4 rings (SSSR count). The highest BCUT2D eigenvalue weighted by molar-refractivity contribution is 6.26. The zero-order chi connectivity index (χ0) is 20.8.